The number of aliphatic hydroxyl groups is 1. The molecule has 8 heteroatoms. The van der Waals surface area contributed by atoms with Gasteiger partial charge in [-0.05, 0) is 24.6 Å². The number of nitrogens with zero attached hydrogens (tertiary/aromatic N) is 1. The van der Waals surface area contributed by atoms with Crippen molar-refractivity contribution in [3.05, 3.63) is 28.2 Å². The summed E-state index contributed by atoms with van der Waals surface area (Å²) in [7, 11) is -3.96. The highest BCUT2D eigenvalue weighted by Crippen LogP contribution is 2.29. The number of aryl methyl sites for hydroxylation is 1. The molecule has 1 unspecified atom stereocenters. The molecule has 0 bridgehead atoms. The zero-order valence-electron chi connectivity index (χ0n) is 10.7. The Balaban J connectivity index is 2.49. The maximum absolute atomic E-state index is 12.6. The highest BCUT2D eigenvalue weighted by atomic mass is 79.9. The fraction of sp³-hybridized carbons (Fsp3) is 0.417. The van der Waals surface area contributed by atoms with Crippen LogP contribution in [0.2, 0.25) is 0 Å². The minimum Gasteiger partial charge on any atom is -0.480 e. The number of aliphatic carboxylic acids is 1. The lowest BCUT2D eigenvalue weighted by molar-refractivity contribution is -0.140. The van der Waals surface area contributed by atoms with Gasteiger partial charge < -0.3 is 10.2 Å². The summed E-state index contributed by atoms with van der Waals surface area (Å²) < 4.78 is 26.6. The molecule has 1 aromatic rings. The summed E-state index contributed by atoms with van der Waals surface area (Å²) in [6.07, 6.45) is -1.06. The van der Waals surface area contributed by atoms with Crippen LogP contribution in [-0.2, 0) is 14.8 Å². The van der Waals surface area contributed by atoms with E-state index in [2.05, 4.69) is 15.9 Å². The van der Waals surface area contributed by atoms with Crippen molar-refractivity contribution in [1.82, 2.24) is 4.31 Å². The summed E-state index contributed by atoms with van der Waals surface area (Å²) in [6.45, 7) is 1.44. The van der Waals surface area contributed by atoms with Crippen LogP contribution in [0.1, 0.15) is 12.0 Å². The number of sulfonamides is 1. The molecule has 2 N–H and O–H groups in total. The summed E-state index contributed by atoms with van der Waals surface area (Å²) in [5.41, 5.74) is 0.527. The smallest absolute Gasteiger partial charge is 0.322 e. The van der Waals surface area contributed by atoms with Crippen LogP contribution in [0.4, 0.5) is 0 Å². The average molecular weight is 364 g/mol. The van der Waals surface area contributed by atoms with Crippen LogP contribution in [0.5, 0.6) is 0 Å². The standard InChI is InChI=1S/C12H14BrNO5S/c1-7-2-3-8(13)4-11(7)20(18,19)14-6-9(15)5-10(14)12(16)17/h2-4,9-10,15H,5-6H2,1H3,(H,16,17)/t9?,10-/m0/s1. The van der Waals surface area contributed by atoms with E-state index in [1.54, 1.807) is 19.1 Å². The van der Waals surface area contributed by atoms with Crippen molar-refractivity contribution in [2.24, 2.45) is 0 Å². The number of carbonyl (C=O) groups is 1. The molecular formula is C12H14BrNO5S. The topological polar surface area (TPSA) is 94.9 Å². The predicted molar refractivity (Wildman–Crippen MR) is 74.8 cm³/mol. The Morgan fingerprint density at radius 3 is 2.70 bits per heavy atom. The number of halogens is 1. The van der Waals surface area contributed by atoms with E-state index in [0.717, 1.165) is 4.31 Å². The molecule has 1 fully saturated rings. The van der Waals surface area contributed by atoms with Crippen molar-refractivity contribution in [3.63, 3.8) is 0 Å². The SMILES string of the molecule is Cc1ccc(Br)cc1S(=O)(=O)N1CC(O)C[C@H]1C(=O)O. The van der Waals surface area contributed by atoms with Gasteiger partial charge in [0.25, 0.3) is 0 Å². The van der Waals surface area contributed by atoms with E-state index < -0.39 is 28.1 Å². The Morgan fingerprint density at radius 2 is 2.10 bits per heavy atom. The molecular weight excluding hydrogens is 350 g/mol. The summed E-state index contributed by atoms with van der Waals surface area (Å²) in [5, 5.41) is 18.7. The number of hydrogen-bond acceptors (Lipinski definition) is 4. The molecule has 20 heavy (non-hydrogen) atoms. The van der Waals surface area contributed by atoms with Crippen LogP contribution in [-0.4, -0.2) is 47.6 Å². The zero-order chi connectivity index (χ0) is 15.1. The lowest BCUT2D eigenvalue weighted by Crippen LogP contribution is -2.40. The molecule has 110 valence electrons. The Hall–Kier alpha value is -0.960. The quantitative estimate of drug-likeness (QED) is 0.833. The van der Waals surface area contributed by atoms with Gasteiger partial charge in [-0.3, -0.25) is 4.79 Å². The molecule has 1 aliphatic rings. The number of β-amino-alcohol motifs (C(OH)–C–C–N with tert-alkyl or cyclic N) is 1. The Morgan fingerprint density at radius 1 is 1.45 bits per heavy atom. The number of hydrogen-bond donors (Lipinski definition) is 2. The van der Waals surface area contributed by atoms with Gasteiger partial charge in [0.15, 0.2) is 0 Å². The maximum atomic E-state index is 12.6. The molecule has 0 saturated carbocycles. The third-order valence-corrected chi connectivity index (χ3v) is 5.77. The van der Waals surface area contributed by atoms with E-state index in [9.17, 15) is 18.3 Å². The second kappa shape index (κ2) is 5.44. The fourth-order valence-corrected chi connectivity index (χ4v) is 4.65. The largest absolute Gasteiger partial charge is 0.480 e. The van der Waals surface area contributed by atoms with Crippen molar-refractivity contribution >= 4 is 31.9 Å². The highest BCUT2D eigenvalue weighted by molar-refractivity contribution is 9.10. The van der Waals surface area contributed by atoms with Crippen LogP contribution in [0.3, 0.4) is 0 Å². The van der Waals surface area contributed by atoms with Gasteiger partial charge >= 0.3 is 5.97 Å². The van der Waals surface area contributed by atoms with Crippen LogP contribution in [0.25, 0.3) is 0 Å². The van der Waals surface area contributed by atoms with E-state index in [0.29, 0.717) is 10.0 Å². The Labute approximate surface area is 125 Å². The lowest BCUT2D eigenvalue weighted by atomic mass is 10.2. The summed E-state index contributed by atoms with van der Waals surface area (Å²) in [6, 6.07) is 3.56. The second-order valence-corrected chi connectivity index (χ2v) is 7.50. The highest BCUT2D eigenvalue weighted by Gasteiger charge is 2.43. The van der Waals surface area contributed by atoms with Gasteiger partial charge in [0.05, 0.1) is 11.0 Å². The summed E-state index contributed by atoms with van der Waals surface area (Å²) in [4.78, 5) is 11.2. The normalized spacial score (nSPS) is 23.9. The van der Waals surface area contributed by atoms with Crippen LogP contribution in [0, 0.1) is 6.92 Å². The molecule has 1 heterocycles. The Bertz CT molecular complexity index is 645. The van der Waals surface area contributed by atoms with Crippen molar-refractivity contribution in [1.29, 1.82) is 0 Å². The van der Waals surface area contributed by atoms with E-state index >= 15 is 0 Å². The van der Waals surface area contributed by atoms with Crippen molar-refractivity contribution in [2.75, 3.05) is 6.54 Å². The number of carboxylic acid groups (broad SMARTS) is 1. The minimum absolute atomic E-state index is 0.0484. The molecule has 0 aliphatic carbocycles. The monoisotopic (exact) mass is 363 g/mol. The van der Waals surface area contributed by atoms with E-state index in [4.69, 9.17) is 5.11 Å². The van der Waals surface area contributed by atoms with E-state index in [1.165, 1.54) is 6.07 Å². The predicted octanol–water partition coefficient (Wildman–Crippen LogP) is 0.966. The van der Waals surface area contributed by atoms with Gasteiger partial charge in [-0.1, -0.05) is 22.0 Å². The first-order chi connectivity index (χ1) is 9.23. The molecule has 0 spiro atoms. The number of rotatable bonds is 3. The molecule has 1 aliphatic heterocycles. The molecule has 1 saturated heterocycles. The van der Waals surface area contributed by atoms with Crippen molar-refractivity contribution in [2.45, 2.75) is 30.4 Å². The maximum Gasteiger partial charge on any atom is 0.322 e. The van der Waals surface area contributed by atoms with Gasteiger partial charge in [0, 0.05) is 17.4 Å². The van der Waals surface area contributed by atoms with Crippen LogP contribution >= 0.6 is 15.9 Å². The number of benzene rings is 1. The first-order valence-corrected chi connectivity index (χ1v) is 8.15. The van der Waals surface area contributed by atoms with Gasteiger partial charge in [-0.2, -0.15) is 4.31 Å². The fourth-order valence-electron chi connectivity index (χ4n) is 2.25. The third kappa shape index (κ3) is 2.73. The zero-order valence-corrected chi connectivity index (χ0v) is 13.1. The number of carboxylic acids is 1. The molecule has 1 aromatic carbocycles. The molecule has 0 aromatic heterocycles. The second-order valence-electron chi connectivity index (χ2n) is 4.73. The third-order valence-electron chi connectivity index (χ3n) is 3.26. The van der Waals surface area contributed by atoms with Gasteiger partial charge in [0.2, 0.25) is 10.0 Å². The first kappa shape index (κ1) is 15.4. The molecule has 6 nitrogen and oxygen atoms in total. The van der Waals surface area contributed by atoms with Crippen molar-refractivity contribution in [3.8, 4) is 0 Å². The summed E-state index contributed by atoms with van der Waals surface area (Å²) >= 11 is 3.20. The van der Waals surface area contributed by atoms with Crippen molar-refractivity contribution < 1.29 is 23.4 Å². The number of aliphatic hydroxyl groups excluding tert-OH is 1. The first-order valence-electron chi connectivity index (χ1n) is 5.92. The minimum atomic E-state index is -3.96. The average Bonchev–Trinajstić information content (AvgIpc) is 2.75. The summed E-state index contributed by atoms with van der Waals surface area (Å²) in [5.74, 6) is -1.25. The lowest BCUT2D eigenvalue weighted by Gasteiger charge is -2.21. The van der Waals surface area contributed by atoms with Gasteiger partial charge in [-0.25, -0.2) is 8.42 Å². The Kier molecular flexibility index (Phi) is 4.19. The van der Waals surface area contributed by atoms with Gasteiger partial charge in [-0.15, -0.1) is 0 Å². The van der Waals surface area contributed by atoms with E-state index in [-0.39, 0.29) is 17.9 Å². The van der Waals surface area contributed by atoms with Crippen LogP contribution in [0.15, 0.2) is 27.6 Å². The van der Waals surface area contributed by atoms with E-state index in [1.807, 2.05) is 0 Å². The molecule has 0 radical (unpaired) electrons. The molecule has 2 atom stereocenters. The molecule has 2 rings (SSSR count). The van der Waals surface area contributed by atoms with Crippen LogP contribution < -0.4 is 0 Å². The molecule has 0 amide bonds. The van der Waals surface area contributed by atoms with Gasteiger partial charge in [0.1, 0.15) is 6.04 Å².